The summed E-state index contributed by atoms with van der Waals surface area (Å²) in [4.78, 5) is 13.7. The third-order valence-corrected chi connectivity index (χ3v) is 3.93. The van der Waals surface area contributed by atoms with Gasteiger partial charge >= 0.3 is 0 Å². The molecule has 1 saturated heterocycles. The highest BCUT2D eigenvalue weighted by Gasteiger charge is 2.28. The van der Waals surface area contributed by atoms with E-state index in [1.54, 1.807) is 0 Å². The molecule has 19 heavy (non-hydrogen) atoms. The van der Waals surface area contributed by atoms with Crippen molar-refractivity contribution in [2.24, 2.45) is 5.92 Å². The number of carbonyl (C=O) groups is 1. The standard InChI is InChI=1S/C14H16ClNO3/c15-7-11-6-14(17)16(9-11)8-10-1-2-12-13(5-10)19-4-3-18-12/h1-2,5,11H,3-4,6-9H2. The van der Waals surface area contributed by atoms with Crippen LogP contribution >= 0.6 is 11.6 Å². The van der Waals surface area contributed by atoms with Crippen LogP contribution in [0.15, 0.2) is 18.2 Å². The molecule has 2 aliphatic rings. The summed E-state index contributed by atoms with van der Waals surface area (Å²) in [6.07, 6.45) is 0.564. The van der Waals surface area contributed by atoms with E-state index in [9.17, 15) is 4.79 Å². The quantitative estimate of drug-likeness (QED) is 0.796. The van der Waals surface area contributed by atoms with Gasteiger partial charge in [0.1, 0.15) is 13.2 Å². The first-order valence-corrected chi connectivity index (χ1v) is 7.02. The number of carbonyl (C=O) groups excluding carboxylic acids is 1. The van der Waals surface area contributed by atoms with E-state index < -0.39 is 0 Å². The van der Waals surface area contributed by atoms with E-state index in [0.717, 1.165) is 23.6 Å². The number of hydrogen-bond acceptors (Lipinski definition) is 3. The first kappa shape index (κ1) is 12.6. The maximum Gasteiger partial charge on any atom is 0.223 e. The minimum atomic E-state index is 0.181. The van der Waals surface area contributed by atoms with Gasteiger partial charge in [-0.1, -0.05) is 6.07 Å². The number of fused-ring (bicyclic) bond motifs is 1. The van der Waals surface area contributed by atoms with E-state index in [-0.39, 0.29) is 11.8 Å². The zero-order valence-electron chi connectivity index (χ0n) is 10.6. The van der Waals surface area contributed by atoms with Crippen LogP contribution in [0.3, 0.4) is 0 Å². The van der Waals surface area contributed by atoms with Crippen molar-refractivity contribution in [3.8, 4) is 11.5 Å². The van der Waals surface area contributed by atoms with Gasteiger partial charge in [-0.05, 0) is 23.6 Å². The Bertz CT molecular complexity index is 492. The van der Waals surface area contributed by atoms with Crippen molar-refractivity contribution in [3.05, 3.63) is 23.8 Å². The van der Waals surface area contributed by atoms with Crippen molar-refractivity contribution >= 4 is 17.5 Å². The second-order valence-corrected chi connectivity index (χ2v) is 5.29. The van der Waals surface area contributed by atoms with Gasteiger partial charge in [0, 0.05) is 25.4 Å². The number of rotatable bonds is 3. The van der Waals surface area contributed by atoms with E-state index in [2.05, 4.69) is 0 Å². The summed E-state index contributed by atoms with van der Waals surface area (Å²) < 4.78 is 11.0. The number of likely N-dealkylation sites (tertiary alicyclic amines) is 1. The van der Waals surface area contributed by atoms with Gasteiger partial charge in [0.15, 0.2) is 11.5 Å². The molecule has 0 radical (unpaired) electrons. The number of amides is 1. The van der Waals surface area contributed by atoms with Gasteiger partial charge in [-0.15, -0.1) is 11.6 Å². The Labute approximate surface area is 117 Å². The minimum Gasteiger partial charge on any atom is -0.486 e. The van der Waals surface area contributed by atoms with Crippen molar-refractivity contribution in [1.82, 2.24) is 4.90 Å². The normalized spacial score (nSPS) is 21.8. The first-order valence-electron chi connectivity index (χ1n) is 6.48. The molecule has 0 saturated carbocycles. The van der Waals surface area contributed by atoms with Gasteiger partial charge in [-0.25, -0.2) is 0 Å². The number of benzene rings is 1. The number of alkyl halides is 1. The van der Waals surface area contributed by atoms with Crippen molar-refractivity contribution in [2.75, 3.05) is 25.6 Å². The largest absolute Gasteiger partial charge is 0.486 e. The molecule has 5 heteroatoms. The minimum absolute atomic E-state index is 0.181. The molecule has 1 amide bonds. The van der Waals surface area contributed by atoms with Crippen LogP contribution in [-0.2, 0) is 11.3 Å². The van der Waals surface area contributed by atoms with E-state index in [4.69, 9.17) is 21.1 Å². The maximum absolute atomic E-state index is 11.8. The number of ether oxygens (including phenoxy) is 2. The molecule has 0 N–H and O–H groups in total. The smallest absolute Gasteiger partial charge is 0.223 e. The fourth-order valence-corrected chi connectivity index (χ4v) is 2.72. The summed E-state index contributed by atoms with van der Waals surface area (Å²) in [7, 11) is 0. The molecule has 2 aliphatic heterocycles. The Hall–Kier alpha value is -1.42. The molecular formula is C14H16ClNO3. The molecule has 0 spiro atoms. The van der Waals surface area contributed by atoms with E-state index in [1.165, 1.54) is 0 Å². The van der Waals surface area contributed by atoms with Gasteiger partial charge in [0.2, 0.25) is 5.91 Å². The highest BCUT2D eigenvalue weighted by molar-refractivity contribution is 6.18. The summed E-state index contributed by atoms with van der Waals surface area (Å²) in [5.41, 5.74) is 1.06. The summed E-state index contributed by atoms with van der Waals surface area (Å²) in [6, 6.07) is 5.84. The van der Waals surface area contributed by atoms with E-state index in [1.807, 2.05) is 23.1 Å². The second-order valence-electron chi connectivity index (χ2n) is 4.98. The Morgan fingerprint density at radius 1 is 1.26 bits per heavy atom. The van der Waals surface area contributed by atoms with Crippen LogP contribution in [-0.4, -0.2) is 36.4 Å². The van der Waals surface area contributed by atoms with Crippen LogP contribution in [0.1, 0.15) is 12.0 Å². The Morgan fingerprint density at radius 3 is 2.79 bits per heavy atom. The Kier molecular flexibility index (Phi) is 3.51. The van der Waals surface area contributed by atoms with E-state index in [0.29, 0.717) is 32.1 Å². The topological polar surface area (TPSA) is 38.8 Å². The van der Waals surface area contributed by atoms with Crippen molar-refractivity contribution in [2.45, 2.75) is 13.0 Å². The van der Waals surface area contributed by atoms with Crippen molar-refractivity contribution in [1.29, 1.82) is 0 Å². The van der Waals surface area contributed by atoms with Crippen LogP contribution < -0.4 is 9.47 Å². The molecule has 0 bridgehead atoms. The third-order valence-electron chi connectivity index (χ3n) is 3.49. The fraction of sp³-hybridized carbons (Fsp3) is 0.500. The van der Waals surface area contributed by atoms with Gasteiger partial charge in [0.25, 0.3) is 0 Å². The average molecular weight is 282 g/mol. The van der Waals surface area contributed by atoms with Crippen molar-refractivity contribution < 1.29 is 14.3 Å². The zero-order chi connectivity index (χ0) is 13.2. The predicted molar refractivity (Wildman–Crippen MR) is 71.7 cm³/mol. The number of halogens is 1. The summed E-state index contributed by atoms with van der Waals surface area (Å²) in [5, 5.41) is 0. The lowest BCUT2D eigenvalue weighted by molar-refractivity contribution is -0.128. The Morgan fingerprint density at radius 2 is 2.05 bits per heavy atom. The number of hydrogen-bond donors (Lipinski definition) is 0. The highest BCUT2D eigenvalue weighted by Crippen LogP contribution is 2.31. The van der Waals surface area contributed by atoms with Gasteiger partial charge < -0.3 is 14.4 Å². The molecule has 2 heterocycles. The lowest BCUT2D eigenvalue weighted by Crippen LogP contribution is -2.25. The molecule has 0 aromatic heterocycles. The van der Waals surface area contributed by atoms with Crippen LogP contribution in [0.25, 0.3) is 0 Å². The summed E-state index contributed by atoms with van der Waals surface area (Å²) in [5.74, 6) is 2.56. The molecule has 3 rings (SSSR count). The SMILES string of the molecule is O=C1CC(CCl)CN1Cc1ccc2c(c1)OCCO2. The first-order chi connectivity index (χ1) is 9.26. The summed E-state index contributed by atoms with van der Waals surface area (Å²) >= 11 is 5.82. The summed E-state index contributed by atoms with van der Waals surface area (Å²) in [6.45, 7) is 2.53. The molecule has 1 aromatic rings. The molecule has 1 atom stereocenters. The van der Waals surface area contributed by atoms with Gasteiger partial charge in [0.05, 0.1) is 0 Å². The van der Waals surface area contributed by atoms with Crippen LogP contribution in [0.2, 0.25) is 0 Å². The van der Waals surface area contributed by atoms with E-state index >= 15 is 0 Å². The molecule has 1 unspecified atom stereocenters. The lowest BCUT2D eigenvalue weighted by Gasteiger charge is -2.21. The molecule has 102 valence electrons. The fourth-order valence-electron chi connectivity index (χ4n) is 2.52. The lowest BCUT2D eigenvalue weighted by atomic mass is 10.1. The number of nitrogens with zero attached hydrogens (tertiary/aromatic N) is 1. The average Bonchev–Trinajstić information content (AvgIpc) is 2.79. The van der Waals surface area contributed by atoms with Crippen LogP contribution in [0.4, 0.5) is 0 Å². The monoisotopic (exact) mass is 281 g/mol. The molecule has 1 aromatic carbocycles. The van der Waals surface area contributed by atoms with Gasteiger partial charge in [-0.3, -0.25) is 4.79 Å². The maximum atomic E-state index is 11.8. The molecule has 4 nitrogen and oxygen atoms in total. The highest BCUT2D eigenvalue weighted by atomic mass is 35.5. The Balaban J connectivity index is 1.71. The zero-order valence-corrected chi connectivity index (χ0v) is 11.4. The second kappa shape index (κ2) is 5.29. The predicted octanol–water partition coefficient (Wildman–Crippen LogP) is 2.05. The molecule has 0 aliphatic carbocycles. The van der Waals surface area contributed by atoms with Gasteiger partial charge in [-0.2, -0.15) is 0 Å². The van der Waals surface area contributed by atoms with Crippen LogP contribution in [0, 0.1) is 5.92 Å². The van der Waals surface area contributed by atoms with Crippen LogP contribution in [0.5, 0.6) is 11.5 Å². The van der Waals surface area contributed by atoms with Crippen molar-refractivity contribution in [3.63, 3.8) is 0 Å². The molecular weight excluding hydrogens is 266 g/mol. The third kappa shape index (κ3) is 2.63. The molecule has 1 fully saturated rings.